The second kappa shape index (κ2) is 10.5. The molecule has 1 atom stereocenters. The summed E-state index contributed by atoms with van der Waals surface area (Å²) in [5.41, 5.74) is 5.30. The molecule has 5 rings (SSSR count). The first-order valence-corrected chi connectivity index (χ1v) is 14.6. The molecule has 0 saturated heterocycles. The highest BCUT2D eigenvalue weighted by atomic mass is 32.2. The van der Waals surface area contributed by atoms with Crippen LogP contribution in [0.3, 0.4) is 0 Å². The smallest absolute Gasteiger partial charge is 0.254 e. The molecule has 10 heteroatoms. The predicted molar refractivity (Wildman–Crippen MR) is 147 cm³/mol. The number of nitrogens with two attached hydrogens (primary N) is 1. The average molecular weight is 530 g/mol. The molecule has 3 aliphatic rings. The van der Waals surface area contributed by atoms with Gasteiger partial charge >= 0.3 is 0 Å². The van der Waals surface area contributed by atoms with Gasteiger partial charge in [0, 0.05) is 34.0 Å². The van der Waals surface area contributed by atoms with Gasteiger partial charge in [-0.25, -0.2) is 5.84 Å². The van der Waals surface area contributed by atoms with Gasteiger partial charge in [0.1, 0.15) is 5.00 Å². The molecule has 5 N–H and O–H groups in total. The van der Waals surface area contributed by atoms with Gasteiger partial charge in [-0.05, 0) is 93.1 Å². The van der Waals surface area contributed by atoms with E-state index in [2.05, 4.69) is 33.1 Å². The van der Waals surface area contributed by atoms with Crippen molar-refractivity contribution in [1.29, 1.82) is 0 Å². The zero-order valence-corrected chi connectivity index (χ0v) is 22.2. The minimum atomic E-state index is -0.0865. The molecule has 0 unspecified atom stereocenters. The number of thiocarbonyl (C=S) groups is 1. The van der Waals surface area contributed by atoms with E-state index in [-0.39, 0.29) is 23.8 Å². The van der Waals surface area contributed by atoms with Crippen LogP contribution >= 0.6 is 35.3 Å². The molecule has 0 bridgehead atoms. The average Bonchev–Trinajstić information content (AvgIpc) is 3.79. The Balaban J connectivity index is 1.46. The summed E-state index contributed by atoms with van der Waals surface area (Å²) in [4.78, 5) is 30.4. The maximum Gasteiger partial charge on any atom is 0.254 e. The van der Waals surface area contributed by atoms with Crippen LogP contribution in [0.1, 0.15) is 52.9 Å². The number of benzene rings is 1. The molecule has 35 heavy (non-hydrogen) atoms. The van der Waals surface area contributed by atoms with Crippen LogP contribution in [0.15, 0.2) is 29.2 Å². The van der Waals surface area contributed by atoms with E-state index in [1.807, 2.05) is 18.4 Å². The summed E-state index contributed by atoms with van der Waals surface area (Å²) in [5, 5.41) is 7.35. The van der Waals surface area contributed by atoms with E-state index in [1.54, 1.807) is 23.1 Å². The van der Waals surface area contributed by atoms with Gasteiger partial charge in [-0.3, -0.25) is 9.59 Å². The molecule has 1 aromatic carbocycles. The Morgan fingerprint density at radius 2 is 2.03 bits per heavy atom. The Kier molecular flexibility index (Phi) is 7.34. The zero-order valence-electron chi connectivity index (χ0n) is 19.8. The summed E-state index contributed by atoms with van der Waals surface area (Å²) < 4.78 is 0. The molecule has 1 heterocycles. The van der Waals surface area contributed by atoms with Crippen LogP contribution in [0.2, 0.25) is 0 Å². The second-order valence-electron chi connectivity index (χ2n) is 9.54. The lowest BCUT2D eigenvalue weighted by molar-refractivity contribution is -0.117. The lowest BCUT2D eigenvalue weighted by Crippen LogP contribution is -2.50. The third-order valence-corrected chi connectivity index (χ3v) is 9.18. The minimum absolute atomic E-state index is 0.0282. The largest absolute Gasteiger partial charge is 0.352 e. The number of amides is 2. The standard InChI is InChI=1S/C25H31N5O2S3/c1-34-18-4-2-3-16(11-18)30(25(33)29-26)17-9-10-20-19(12-17)21(23(32)27-13-14-5-6-14)24(35-20)28-22(31)15-7-8-15/h2-4,11,14-15,17H,5-10,12-13,26H2,1H3,(H,27,32)(H,28,31)(H,29,33)/t17-/m0/s1. The summed E-state index contributed by atoms with van der Waals surface area (Å²) in [6, 6.07) is 8.29. The number of hydrazine groups is 1. The highest BCUT2D eigenvalue weighted by molar-refractivity contribution is 7.98. The molecule has 7 nitrogen and oxygen atoms in total. The van der Waals surface area contributed by atoms with Crippen LogP contribution < -0.4 is 26.8 Å². The van der Waals surface area contributed by atoms with Gasteiger partial charge in [-0.15, -0.1) is 23.1 Å². The fourth-order valence-corrected chi connectivity index (χ4v) is 6.60. The Morgan fingerprint density at radius 3 is 2.71 bits per heavy atom. The van der Waals surface area contributed by atoms with Gasteiger partial charge in [0.05, 0.1) is 5.56 Å². The third kappa shape index (κ3) is 5.50. The Hall–Kier alpha value is -2.14. The molecule has 186 valence electrons. The summed E-state index contributed by atoms with van der Waals surface area (Å²) in [6.07, 6.45) is 8.59. The zero-order chi connectivity index (χ0) is 24.5. The molecular weight excluding hydrogens is 499 g/mol. The van der Waals surface area contributed by atoms with Gasteiger partial charge in [0.25, 0.3) is 5.91 Å². The first-order valence-electron chi connectivity index (χ1n) is 12.2. The second-order valence-corrected chi connectivity index (χ2v) is 11.9. The van der Waals surface area contributed by atoms with E-state index in [0.29, 0.717) is 34.6 Å². The minimum Gasteiger partial charge on any atom is -0.352 e. The van der Waals surface area contributed by atoms with Crippen molar-refractivity contribution in [3.05, 3.63) is 40.3 Å². The van der Waals surface area contributed by atoms with Crippen LogP contribution in [0.25, 0.3) is 0 Å². The van der Waals surface area contributed by atoms with E-state index >= 15 is 0 Å². The predicted octanol–water partition coefficient (Wildman–Crippen LogP) is 4.07. The monoisotopic (exact) mass is 529 g/mol. The summed E-state index contributed by atoms with van der Waals surface area (Å²) >= 11 is 8.86. The van der Waals surface area contributed by atoms with Crippen molar-refractivity contribution >= 4 is 62.9 Å². The Bertz CT molecular complexity index is 1140. The van der Waals surface area contributed by atoms with Crippen LogP contribution in [0, 0.1) is 11.8 Å². The lowest BCUT2D eigenvalue weighted by Gasteiger charge is -2.36. The molecule has 2 aromatic rings. The van der Waals surface area contributed by atoms with E-state index < -0.39 is 0 Å². The van der Waals surface area contributed by atoms with E-state index in [0.717, 1.165) is 41.8 Å². The van der Waals surface area contributed by atoms with Gasteiger partial charge in [0.2, 0.25) is 5.91 Å². The third-order valence-electron chi connectivity index (χ3n) is 6.93. The molecule has 0 spiro atoms. The maximum atomic E-state index is 13.4. The fraction of sp³-hybridized carbons (Fsp3) is 0.480. The molecule has 2 saturated carbocycles. The number of thioether (sulfide) groups is 1. The number of hydrogen-bond acceptors (Lipinski definition) is 6. The van der Waals surface area contributed by atoms with Gasteiger partial charge in [0.15, 0.2) is 5.11 Å². The van der Waals surface area contributed by atoms with E-state index in [9.17, 15) is 9.59 Å². The van der Waals surface area contributed by atoms with Gasteiger partial charge in [-0.2, -0.15) is 0 Å². The summed E-state index contributed by atoms with van der Waals surface area (Å²) in [6.45, 7) is 0.692. The Labute approximate surface area is 219 Å². The van der Waals surface area contributed by atoms with Crippen LogP contribution in [0.4, 0.5) is 10.7 Å². The number of nitrogens with one attached hydrogen (secondary N) is 3. The topological polar surface area (TPSA) is 99.5 Å². The normalized spacial score (nSPS) is 19.0. The molecule has 1 aromatic heterocycles. The van der Waals surface area contributed by atoms with Crippen molar-refractivity contribution in [3.63, 3.8) is 0 Å². The lowest BCUT2D eigenvalue weighted by atomic mass is 9.90. The summed E-state index contributed by atoms with van der Waals surface area (Å²) in [5.74, 6) is 6.38. The molecule has 2 amide bonds. The highest BCUT2D eigenvalue weighted by Gasteiger charge is 2.36. The van der Waals surface area contributed by atoms with Crippen molar-refractivity contribution in [2.24, 2.45) is 17.7 Å². The number of rotatable bonds is 8. The summed E-state index contributed by atoms with van der Waals surface area (Å²) in [7, 11) is 0. The Morgan fingerprint density at radius 1 is 1.23 bits per heavy atom. The first-order chi connectivity index (χ1) is 17.0. The van der Waals surface area contributed by atoms with Crippen LogP contribution in [-0.2, 0) is 17.6 Å². The number of fused-ring (bicyclic) bond motifs is 1. The van der Waals surface area contributed by atoms with Gasteiger partial charge < -0.3 is 21.0 Å². The molecule has 0 radical (unpaired) electrons. The number of anilines is 2. The van der Waals surface area contributed by atoms with E-state index in [4.69, 9.17) is 18.1 Å². The molecule has 3 aliphatic carbocycles. The SMILES string of the molecule is CSc1cccc(N(C(=S)NN)[C@H]2CCc3sc(NC(=O)C4CC4)c(C(=O)NCC4CC4)c3C2)c1. The van der Waals surface area contributed by atoms with Crippen molar-refractivity contribution < 1.29 is 9.59 Å². The number of nitrogens with zero attached hydrogens (tertiary/aromatic N) is 1. The van der Waals surface area contributed by atoms with Gasteiger partial charge in [-0.1, -0.05) is 6.07 Å². The van der Waals surface area contributed by atoms with Crippen LogP contribution in [0.5, 0.6) is 0 Å². The number of aryl methyl sites for hydroxylation is 1. The fourth-order valence-electron chi connectivity index (χ4n) is 4.64. The quantitative estimate of drug-likeness (QED) is 0.177. The number of carbonyl (C=O) groups excluding carboxylic acids is 2. The first kappa shape index (κ1) is 24.5. The number of carbonyl (C=O) groups is 2. The van der Waals surface area contributed by atoms with Crippen LogP contribution in [-0.4, -0.2) is 35.8 Å². The van der Waals surface area contributed by atoms with Crippen molar-refractivity contribution in [3.8, 4) is 0 Å². The van der Waals surface area contributed by atoms with Crippen molar-refractivity contribution in [1.82, 2.24) is 10.7 Å². The highest BCUT2D eigenvalue weighted by Crippen LogP contribution is 2.41. The maximum absolute atomic E-state index is 13.4. The van der Waals surface area contributed by atoms with Crippen molar-refractivity contribution in [2.75, 3.05) is 23.0 Å². The number of hydrogen-bond donors (Lipinski definition) is 4. The molecular formula is C25H31N5O2S3. The number of thiophene rings is 1. The molecule has 0 aliphatic heterocycles. The van der Waals surface area contributed by atoms with E-state index in [1.165, 1.54) is 17.7 Å². The van der Waals surface area contributed by atoms with Crippen molar-refractivity contribution in [2.45, 2.75) is 55.9 Å². The molecule has 2 fully saturated rings.